The molecule has 8 heteroatoms. The van der Waals surface area contributed by atoms with E-state index in [9.17, 15) is 0 Å². The van der Waals surface area contributed by atoms with Gasteiger partial charge in [0.1, 0.15) is 24.0 Å². The van der Waals surface area contributed by atoms with Gasteiger partial charge in [0.05, 0.1) is 11.4 Å². The highest BCUT2D eigenvalue weighted by molar-refractivity contribution is 5.62. The molecule has 4 aromatic rings. The molecule has 0 aliphatic rings. The zero-order chi connectivity index (χ0) is 17.9. The van der Waals surface area contributed by atoms with Crippen molar-refractivity contribution < 1.29 is 0 Å². The number of nitrogens with one attached hydrogen (secondary N) is 1. The highest BCUT2D eigenvalue weighted by Gasteiger charge is 2.10. The molecule has 4 heterocycles. The number of hydrogen-bond donors (Lipinski definition) is 2. The third kappa shape index (κ3) is 3.12. The zero-order valence-electron chi connectivity index (χ0n) is 14.2. The topological polar surface area (TPSA) is 99.5 Å². The van der Waals surface area contributed by atoms with E-state index in [1.54, 1.807) is 28.0 Å². The van der Waals surface area contributed by atoms with E-state index >= 15 is 0 Å². The lowest BCUT2D eigenvalue weighted by molar-refractivity contribution is 0.667. The lowest BCUT2D eigenvalue weighted by Gasteiger charge is -2.07. The largest absolute Gasteiger partial charge is 0.384 e. The van der Waals surface area contributed by atoms with Crippen LogP contribution >= 0.6 is 0 Å². The first-order chi connectivity index (χ1) is 12.7. The lowest BCUT2D eigenvalue weighted by atomic mass is 10.2. The predicted molar refractivity (Wildman–Crippen MR) is 99.9 cm³/mol. The highest BCUT2D eigenvalue weighted by atomic mass is 15.4. The van der Waals surface area contributed by atoms with Crippen LogP contribution in [0.15, 0.2) is 61.1 Å². The molecule has 26 heavy (non-hydrogen) atoms. The Bertz CT molecular complexity index is 921. The summed E-state index contributed by atoms with van der Waals surface area (Å²) in [5.74, 6) is 1.42. The summed E-state index contributed by atoms with van der Waals surface area (Å²) in [6, 6.07) is 13.3. The number of pyridine rings is 2. The summed E-state index contributed by atoms with van der Waals surface area (Å²) in [6.07, 6.45) is 5.26. The summed E-state index contributed by atoms with van der Waals surface area (Å²) in [5, 5.41) is 12.3. The smallest absolute Gasteiger partial charge is 0.125 e. The number of anilines is 2. The van der Waals surface area contributed by atoms with Crippen LogP contribution in [0.4, 0.5) is 11.6 Å². The summed E-state index contributed by atoms with van der Waals surface area (Å²) >= 11 is 0. The molecule has 3 N–H and O–H groups in total. The summed E-state index contributed by atoms with van der Waals surface area (Å²) in [4.78, 5) is 8.43. The van der Waals surface area contributed by atoms with Crippen LogP contribution in [-0.4, -0.2) is 29.5 Å². The third-order valence-electron chi connectivity index (χ3n) is 3.99. The van der Waals surface area contributed by atoms with Crippen molar-refractivity contribution in [1.82, 2.24) is 29.5 Å². The van der Waals surface area contributed by atoms with Crippen LogP contribution in [-0.2, 0) is 13.7 Å². The molecule has 0 radical (unpaired) electrons. The summed E-state index contributed by atoms with van der Waals surface area (Å²) in [7, 11) is 1.88. The molecule has 0 bridgehead atoms. The number of aryl methyl sites for hydroxylation is 1. The van der Waals surface area contributed by atoms with E-state index in [0.717, 1.165) is 28.5 Å². The maximum absolute atomic E-state index is 6.08. The van der Waals surface area contributed by atoms with Gasteiger partial charge in [-0.15, -0.1) is 0 Å². The molecule has 0 aliphatic heterocycles. The summed E-state index contributed by atoms with van der Waals surface area (Å²) in [6.45, 7) is 0.421. The normalized spacial score (nSPS) is 10.8. The highest BCUT2D eigenvalue weighted by Crippen LogP contribution is 2.21. The fraction of sp³-hybridized carbons (Fsp3) is 0.111. The molecule has 130 valence electrons. The zero-order valence-corrected chi connectivity index (χ0v) is 14.2. The van der Waals surface area contributed by atoms with Gasteiger partial charge in [0.2, 0.25) is 0 Å². The van der Waals surface area contributed by atoms with Gasteiger partial charge in [0.25, 0.3) is 0 Å². The SMILES string of the molecule is Cn1nc(-c2cccnc2)cc1NCn1nc(-c2ccccn2)cc1N. The second-order valence-electron chi connectivity index (χ2n) is 5.78. The number of nitrogens with two attached hydrogens (primary N) is 1. The first kappa shape index (κ1) is 15.8. The van der Waals surface area contributed by atoms with Crippen LogP contribution in [0.1, 0.15) is 0 Å². The molecule has 0 spiro atoms. The van der Waals surface area contributed by atoms with E-state index in [1.807, 2.05) is 49.5 Å². The summed E-state index contributed by atoms with van der Waals surface area (Å²) < 4.78 is 3.47. The molecule has 0 saturated carbocycles. The fourth-order valence-corrected chi connectivity index (χ4v) is 2.64. The van der Waals surface area contributed by atoms with E-state index in [0.29, 0.717) is 12.5 Å². The van der Waals surface area contributed by atoms with Crippen LogP contribution in [0.25, 0.3) is 22.6 Å². The number of nitrogen functional groups attached to an aromatic ring is 1. The molecule has 0 fully saturated rings. The molecule has 0 aliphatic carbocycles. The van der Waals surface area contributed by atoms with Gasteiger partial charge in [-0.1, -0.05) is 6.07 Å². The molecule has 0 atom stereocenters. The molecule has 8 nitrogen and oxygen atoms in total. The van der Waals surface area contributed by atoms with Gasteiger partial charge in [-0.05, 0) is 24.3 Å². The molecular formula is C18H18N8. The Labute approximate surface area is 150 Å². The minimum Gasteiger partial charge on any atom is -0.384 e. The van der Waals surface area contributed by atoms with Crippen LogP contribution < -0.4 is 11.1 Å². The second-order valence-corrected chi connectivity index (χ2v) is 5.78. The van der Waals surface area contributed by atoms with Crippen molar-refractivity contribution in [2.24, 2.45) is 7.05 Å². The van der Waals surface area contributed by atoms with Crippen LogP contribution in [0.5, 0.6) is 0 Å². The number of nitrogens with zero attached hydrogens (tertiary/aromatic N) is 6. The van der Waals surface area contributed by atoms with Gasteiger partial charge in [0.15, 0.2) is 0 Å². The van der Waals surface area contributed by atoms with Crippen molar-refractivity contribution in [3.05, 3.63) is 61.1 Å². The number of hydrogen-bond acceptors (Lipinski definition) is 6. The monoisotopic (exact) mass is 346 g/mol. The third-order valence-corrected chi connectivity index (χ3v) is 3.99. The van der Waals surface area contributed by atoms with Gasteiger partial charge in [-0.2, -0.15) is 10.2 Å². The second kappa shape index (κ2) is 6.67. The minimum atomic E-state index is 0.421. The van der Waals surface area contributed by atoms with Crippen LogP contribution in [0.2, 0.25) is 0 Å². The Morgan fingerprint density at radius 3 is 2.69 bits per heavy atom. The molecule has 0 saturated heterocycles. The average molecular weight is 346 g/mol. The van der Waals surface area contributed by atoms with E-state index in [4.69, 9.17) is 5.73 Å². The van der Waals surface area contributed by atoms with Gasteiger partial charge in [-0.3, -0.25) is 14.6 Å². The molecule has 4 aromatic heterocycles. The van der Waals surface area contributed by atoms with Crippen LogP contribution in [0, 0.1) is 0 Å². The van der Waals surface area contributed by atoms with Crippen molar-refractivity contribution in [3.63, 3.8) is 0 Å². The Kier molecular flexibility index (Phi) is 4.06. The van der Waals surface area contributed by atoms with Gasteiger partial charge in [0, 0.05) is 43.3 Å². The van der Waals surface area contributed by atoms with Crippen molar-refractivity contribution in [1.29, 1.82) is 0 Å². The Morgan fingerprint density at radius 2 is 1.92 bits per heavy atom. The van der Waals surface area contributed by atoms with Gasteiger partial charge in [-0.25, -0.2) is 4.68 Å². The molecule has 0 amide bonds. The quantitative estimate of drug-likeness (QED) is 0.576. The molecule has 0 unspecified atom stereocenters. The van der Waals surface area contributed by atoms with Crippen LogP contribution in [0.3, 0.4) is 0 Å². The Morgan fingerprint density at radius 1 is 1.00 bits per heavy atom. The Hall–Kier alpha value is -3.68. The first-order valence-electron chi connectivity index (χ1n) is 8.14. The van der Waals surface area contributed by atoms with E-state index in [1.165, 1.54) is 0 Å². The molecule has 0 aromatic carbocycles. The number of aromatic nitrogens is 6. The summed E-state index contributed by atoms with van der Waals surface area (Å²) in [5.41, 5.74) is 9.43. The van der Waals surface area contributed by atoms with Crippen molar-refractivity contribution in [2.75, 3.05) is 11.1 Å². The maximum atomic E-state index is 6.08. The average Bonchev–Trinajstić information content (AvgIpc) is 3.24. The van der Waals surface area contributed by atoms with E-state index in [2.05, 4.69) is 25.5 Å². The van der Waals surface area contributed by atoms with Crippen molar-refractivity contribution in [2.45, 2.75) is 6.67 Å². The van der Waals surface area contributed by atoms with Gasteiger partial charge >= 0.3 is 0 Å². The Balaban J connectivity index is 1.51. The van der Waals surface area contributed by atoms with E-state index < -0.39 is 0 Å². The molecular weight excluding hydrogens is 328 g/mol. The first-order valence-corrected chi connectivity index (χ1v) is 8.14. The fourth-order valence-electron chi connectivity index (χ4n) is 2.64. The van der Waals surface area contributed by atoms with Crippen molar-refractivity contribution >= 4 is 11.6 Å². The van der Waals surface area contributed by atoms with Gasteiger partial charge < -0.3 is 11.1 Å². The minimum absolute atomic E-state index is 0.421. The standard InChI is InChI=1S/C18H18N8/c1-25-18(10-15(23-25)13-5-4-7-20-11-13)22-12-26-17(19)9-16(24-26)14-6-2-3-8-21-14/h2-11,22H,12,19H2,1H3. The number of rotatable bonds is 5. The van der Waals surface area contributed by atoms with Crippen molar-refractivity contribution in [3.8, 4) is 22.6 Å². The lowest BCUT2D eigenvalue weighted by Crippen LogP contribution is -2.13. The predicted octanol–water partition coefficient (Wildman–Crippen LogP) is 2.39. The maximum Gasteiger partial charge on any atom is 0.125 e. The molecule has 4 rings (SSSR count). The van der Waals surface area contributed by atoms with E-state index in [-0.39, 0.29) is 0 Å².